The summed E-state index contributed by atoms with van der Waals surface area (Å²) in [6, 6.07) is 9.45. The molecule has 1 aliphatic heterocycles. The topological polar surface area (TPSA) is 48.9 Å². The summed E-state index contributed by atoms with van der Waals surface area (Å²) in [4.78, 5) is 7.44. The van der Waals surface area contributed by atoms with Crippen molar-refractivity contribution < 1.29 is 4.74 Å². The van der Waals surface area contributed by atoms with E-state index in [-0.39, 0.29) is 24.0 Å². The Kier molecular flexibility index (Phi) is 8.98. The molecule has 26 heavy (non-hydrogen) atoms. The van der Waals surface area contributed by atoms with Crippen LogP contribution in [-0.2, 0) is 6.54 Å². The van der Waals surface area contributed by atoms with E-state index in [1.807, 2.05) is 12.1 Å². The summed E-state index contributed by atoms with van der Waals surface area (Å²) < 4.78 is 5.21. The number of likely N-dealkylation sites (tertiary alicyclic amines) is 1. The van der Waals surface area contributed by atoms with Crippen LogP contribution >= 0.6 is 24.0 Å². The molecule has 2 aliphatic rings. The maximum atomic E-state index is 5.21. The number of methoxy groups -OCH3 is 1. The Morgan fingerprint density at radius 1 is 1.19 bits per heavy atom. The summed E-state index contributed by atoms with van der Waals surface area (Å²) >= 11 is 0. The van der Waals surface area contributed by atoms with E-state index in [2.05, 4.69) is 34.6 Å². The summed E-state index contributed by atoms with van der Waals surface area (Å²) in [6.45, 7) is 6.05. The number of halogens is 1. The summed E-state index contributed by atoms with van der Waals surface area (Å²) in [5, 5.41) is 7.02. The molecule has 1 heterocycles. The molecule has 2 N–H and O–H groups in total. The molecular formula is C20H33IN4O. The molecule has 0 spiro atoms. The normalized spacial score (nSPS) is 21.5. The summed E-state index contributed by atoms with van der Waals surface area (Å²) in [5.74, 6) is 1.81. The highest BCUT2D eigenvalue weighted by Crippen LogP contribution is 2.26. The van der Waals surface area contributed by atoms with Crippen molar-refractivity contribution in [3.8, 4) is 5.75 Å². The van der Waals surface area contributed by atoms with Gasteiger partial charge in [-0.05, 0) is 43.9 Å². The first kappa shape index (κ1) is 21.3. The first-order valence-corrected chi connectivity index (χ1v) is 9.70. The first-order chi connectivity index (χ1) is 12.3. The van der Waals surface area contributed by atoms with Crippen LogP contribution in [0.2, 0.25) is 0 Å². The van der Waals surface area contributed by atoms with E-state index in [0.717, 1.165) is 30.8 Å². The zero-order chi connectivity index (χ0) is 17.5. The smallest absolute Gasteiger partial charge is 0.191 e. The quantitative estimate of drug-likeness (QED) is 0.379. The van der Waals surface area contributed by atoms with Crippen molar-refractivity contribution >= 4 is 29.9 Å². The van der Waals surface area contributed by atoms with Gasteiger partial charge >= 0.3 is 0 Å². The number of rotatable bonds is 6. The molecule has 0 aromatic heterocycles. The van der Waals surface area contributed by atoms with E-state index in [0.29, 0.717) is 12.6 Å². The minimum atomic E-state index is 0. The van der Waals surface area contributed by atoms with Gasteiger partial charge in [0.05, 0.1) is 13.7 Å². The second-order valence-corrected chi connectivity index (χ2v) is 7.11. The lowest BCUT2D eigenvalue weighted by atomic mass is 10.2. The van der Waals surface area contributed by atoms with E-state index in [4.69, 9.17) is 9.73 Å². The Bertz CT molecular complexity index is 557. The van der Waals surface area contributed by atoms with Crippen molar-refractivity contribution in [2.75, 3.05) is 26.7 Å². The predicted molar refractivity (Wildman–Crippen MR) is 119 cm³/mol. The zero-order valence-corrected chi connectivity index (χ0v) is 18.4. The highest BCUT2D eigenvalue weighted by molar-refractivity contribution is 14.0. The van der Waals surface area contributed by atoms with Gasteiger partial charge in [0.25, 0.3) is 0 Å². The van der Waals surface area contributed by atoms with Crippen molar-refractivity contribution in [1.82, 2.24) is 15.5 Å². The third-order valence-electron chi connectivity index (χ3n) is 5.32. The van der Waals surface area contributed by atoms with Crippen molar-refractivity contribution in [1.29, 1.82) is 0 Å². The second kappa shape index (κ2) is 11.0. The molecule has 1 saturated carbocycles. The van der Waals surface area contributed by atoms with Gasteiger partial charge in [-0.25, -0.2) is 4.99 Å². The van der Waals surface area contributed by atoms with Gasteiger partial charge in [-0.2, -0.15) is 0 Å². The highest BCUT2D eigenvalue weighted by Gasteiger charge is 2.30. The zero-order valence-electron chi connectivity index (χ0n) is 16.0. The van der Waals surface area contributed by atoms with Gasteiger partial charge in [0, 0.05) is 31.7 Å². The SMILES string of the molecule is CCNC(=NCc1ccc(OC)cc1)NC1CCN(C2CCCC2)C1.I. The summed E-state index contributed by atoms with van der Waals surface area (Å²) in [6.07, 6.45) is 6.80. The number of aliphatic imine (C=N–C) groups is 1. The average Bonchev–Trinajstić information content (AvgIpc) is 3.32. The Morgan fingerprint density at radius 3 is 2.58 bits per heavy atom. The van der Waals surface area contributed by atoms with Crippen LogP contribution in [0.3, 0.4) is 0 Å². The van der Waals surface area contributed by atoms with E-state index in [1.165, 1.54) is 44.2 Å². The van der Waals surface area contributed by atoms with E-state index in [1.54, 1.807) is 7.11 Å². The molecule has 1 atom stereocenters. The van der Waals surface area contributed by atoms with Crippen LogP contribution in [0.5, 0.6) is 5.75 Å². The third-order valence-corrected chi connectivity index (χ3v) is 5.32. The van der Waals surface area contributed by atoms with E-state index < -0.39 is 0 Å². The van der Waals surface area contributed by atoms with Crippen molar-refractivity contribution in [2.45, 2.75) is 57.7 Å². The Hall–Kier alpha value is -1.02. The molecule has 6 heteroatoms. The third kappa shape index (κ3) is 6.01. The molecule has 0 amide bonds. The van der Waals surface area contributed by atoms with Crippen LogP contribution in [-0.4, -0.2) is 49.7 Å². The van der Waals surface area contributed by atoms with Gasteiger partial charge in [0.1, 0.15) is 5.75 Å². The molecule has 1 aliphatic carbocycles. The van der Waals surface area contributed by atoms with Crippen LogP contribution in [0.1, 0.15) is 44.6 Å². The molecule has 0 radical (unpaired) electrons. The highest BCUT2D eigenvalue weighted by atomic mass is 127. The van der Waals surface area contributed by atoms with Crippen LogP contribution < -0.4 is 15.4 Å². The number of benzene rings is 1. The number of ether oxygens (including phenoxy) is 1. The van der Waals surface area contributed by atoms with Crippen LogP contribution in [0.4, 0.5) is 0 Å². The first-order valence-electron chi connectivity index (χ1n) is 9.70. The molecule has 3 rings (SSSR count). The number of nitrogens with one attached hydrogen (secondary N) is 2. The molecule has 1 saturated heterocycles. The number of guanidine groups is 1. The minimum Gasteiger partial charge on any atom is -0.497 e. The molecule has 146 valence electrons. The van der Waals surface area contributed by atoms with Crippen LogP contribution in [0, 0.1) is 0 Å². The summed E-state index contributed by atoms with van der Waals surface area (Å²) in [5.41, 5.74) is 1.19. The van der Waals surface area contributed by atoms with Crippen molar-refractivity contribution in [3.05, 3.63) is 29.8 Å². The van der Waals surface area contributed by atoms with E-state index >= 15 is 0 Å². The lowest BCUT2D eigenvalue weighted by Gasteiger charge is -2.24. The lowest BCUT2D eigenvalue weighted by Crippen LogP contribution is -2.45. The fourth-order valence-electron chi connectivity index (χ4n) is 3.92. The fraction of sp³-hybridized carbons (Fsp3) is 0.650. The van der Waals surface area contributed by atoms with Gasteiger partial charge in [0.2, 0.25) is 0 Å². The monoisotopic (exact) mass is 472 g/mol. The summed E-state index contributed by atoms with van der Waals surface area (Å²) in [7, 11) is 1.69. The van der Waals surface area contributed by atoms with Crippen molar-refractivity contribution in [3.63, 3.8) is 0 Å². The maximum absolute atomic E-state index is 5.21. The predicted octanol–water partition coefficient (Wildman–Crippen LogP) is 3.39. The average molecular weight is 472 g/mol. The molecule has 5 nitrogen and oxygen atoms in total. The molecule has 0 bridgehead atoms. The number of hydrogen-bond acceptors (Lipinski definition) is 3. The molecule has 1 aromatic carbocycles. The van der Waals surface area contributed by atoms with Gasteiger partial charge in [-0.1, -0.05) is 25.0 Å². The number of nitrogens with zero attached hydrogens (tertiary/aromatic N) is 2. The Morgan fingerprint density at radius 2 is 1.92 bits per heavy atom. The minimum absolute atomic E-state index is 0. The maximum Gasteiger partial charge on any atom is 0.191 e. The van der Waals surface area contributed by atoms with Crippen molar-refractivity contribution in [2.24, 2.45) is 4.99 Å². The van der Waals surface area contributed by atoms with E-state index in [9.17, 15) is 0 Å². The van der Waals surface area contributed by atoms with Gasteiger partial charge in [-0.15, -0.1) is 24.0 Å². The standard InChI is InChI=1S/C20H32N4O.HI/c1-3-21-20(22-14-16-8-10-19(25-2)11-9-16)23-17-12-13-24(15-17)18-6-4-5-7-18;/h8-11,17-18H,3-7,12-15H2,1-2H3,(H2,21,22,23);1H. The molecular weight excluding hydrogens is 439 g/mol. The van der Waals surface area contributed by atoms with Crippen LogP contribution in [0.15, 0.2) is 29.3 Å². The largest absolute Gasteiger partial charge is 0.497 e. The van der Waals surface area contributed by atoms with Gasteiger partial charge < -0.3 is 15.4 Å². The number of hydrogen-bond donors (Lipinski definition) is 2. The Balaban J connectivity index is 0.00000243. The van der Waals surface area contributed by atoms with Gasteiger partial charge in [-0.3, -0.25) is 4.90 Å². The molecule has 1 unspecified atom stereocenters. The fourth-order valence-corrected chi connectivity index (χ4v) is 3.92. The second-order valence-electron chi connectivity index (χ2n) is 7.11. The Labute approximate surface area is 175 Å². The van der Waals surface area contributed by atoms with Gasteiger partial charge in [0.15, 0.2) is 5.96 Å². The van der Waals surface area contributed by atoms with Crippen LogP contribution in [0.25, 0.3) is 0 Å². The molecule has 2 fully saturated rings. The molecule has 1 aromatic rings. The lowest BCUT2D eigenvalue weighted by molar-refractivity contribution is 0.242.